The van der Waals surface area contributed by atoms with E-state index in [0.717, 1.165) is 29.4 Å². The van der Waals surface area contributed by atoms with Crippen LogP contribution in [0.15, 0.2) is 23.1 Å². The largest absolute Gasteiger partial charge is 0.397 e. The summed E-state index contributed by atoms with van der Waals surface area (Å²) in [6, 6.07) is 5.59. The molecule has 0 aliphatic heterocycles. The standard InChI is InChI=1S/C21H31N3O2S/c1-20(2,3)24-27(25,26)16-4-5-18(17(22)9-16)23-19-12-6-14-8-15-7-13(19)11-21(14,15)10-12/h4-5,9,12-15,19,23-24H,6-8,10-11,22H2,1-3H3. The Labute approximate surface area is 162 Å². The molecule has 1 aromatic carbocycles. The van der Waals surface area contributed by atoms with Gasteiger partial charge < -0.3 is 11.1 Å². The van der Waals surface area contributed by atoms with E-state index in [1.165, 1.54) is 32.1 Å². The molecule has 4 atom stereocenters. The number of hydrogen-bond donors (Lipinski definition) is 3. The Kier molecular flexibility index (Phi) is 3.57. The van der Waals surface area contributed by atoms with Crippen molar-refractivity contribution in [1.82, 2.24) is 4.72 Å². The molecule has 0 amide bonds. The molecule has 0 saturated heterocycles. The van der Waals surface area contributed by atoms with E-state index in [1.807, 2.05) is 26.8 Å². The van der Waals surface area contributed by atoms with Crippen molar-refractivity contribution in [1.29, 1.82) is 0 Å². The summed E-state index contributed by atoms with van der Waals surface area (Å²) in [6.45, 7) is 5.50. The number of nitrogens with one attached hydrogen (secondary N) is 2. The Bertz CT molecular complexity index is 865. The third kappa shape index (κ3) is 2.63. The van der Waals surface area contributed by atoms with E-state index in [4.69, 9.17) is 5.73 Å². The Morgan fingerprint density at radius 2 is 1.70 bits per heavy atom. The van der Waals surface area contributed by atoms with Crippen molar-refractivity contribution < 1.29 is 8.42 Å². The Hall–Kier alpha value is -1.27. The van der Waals surface area contributed by atoms with Gasteiger partial charge in [0.1, 0.15) is 0 Å². The summed E-state index contributed by atoms with van der Waals surface area (Å²) < 4.78 is 27.8. The van der Waals surface area contributed by atoms with Gasteiger partial charge >= 0.3 is 0 Å². The molecule has 4 aliphatic rings. The van der Waals surface area contributed by atoms with Crippen LogP contribution in [0.2, 0.25) is 0 Å². The maximum atomic E-state index is 12.6. The third-order valence-electron chi connectivity index (χ3n) is 7.77. The predicted octanol–water partition coefficient (Wildman–Crippen LogP) is 3.58. The van der Waals surface area contributed by atoms with Crippen molar-refractivity contribution in [2.75, 3.05) is 11.1 Å². The van der Waals surface area contributed by atoms with Gasteiger partial charge in [0.25, 0.3) is 0 Å². The predicted molar refractivity (Wildman–Crippen MR) is 108 cm³/mol. The molecule has 0 radical (unpaired) electrons. The number of sulfonamides is 1. The van der Waals surface area contributed by atoms with Gasteiger partial charge in [-0.15, -0.1) is 0 Å². The van der Waals surface area contributed by atoms with Crippen molar-refractivity contribution in [3.63, 3.8) is 0 Å². The third-order valence-corrected chi connectivity index (χ3v) is 9.52. The summed E-state index contributed by atoms with van der Waals surface area (Å²) in [4.78, 5) is 0.228. The molecule has 148 valence electrons. The average molecular weight is 390 g/mol. The van der Waals surface area contributed by atoms with E-state index < -0.39 is 15.6 Å². The van der Waals surface area contributed by atoms with Crippen molar-refractivity contribution in [3.8, 4) is 0 Å². The molecule has 5 rings (SSSR count). The second-order valence-corrected chi connectivity index (χ2v) is 12.2. The van der Waals surface area contributed by atoms with E-state index in [9.17, 15) is 8.42 Å². The lowest BCUT2D eigenvalue weighted by molar-refractivity contribution is 0.000288. The van der Waals surface area contributed by atoms with Crippen LogP contribution >= 0.6 is 0 Å². The quantitative estimate of drug-likeness (QED) is 0.687. The first kappa shape index (κ1) is 17.8. The fourth-order valence-corrected chi connectivity index (χ4v) is 8.37. The number of fused-ring (bicyclic) bond motifs is 2. The maximum Gasteiger partial charge on any atom is 0.241 e. The van der Waals surface area contributed by atoms with Gasteiger partial charge in [-0.1, -0.05) is 0 Å². The van der Waals surface area contributed by atoms with E-state index in [-0.39, 0.29) is 4.90 Å². The number of benzene rings is 1. The zero-order valence-electron chi connectivity index (χ0n) is 16.5. The topological polar surface area (TPSA) is 84.2 Å². The molecule has 4 unspecified atom stereocenters. The van der Waals surface area contributed by atoms with Gasteiger partial charge in [0.15, 0.2) is 0 Å². The minimum Gasteiger partial charge on any atom is -0.397 e. The van der Waals surface area contributed by atoms with Gasteiger partial charge in [0.2, 0.25) is 10.0 Å². The minimum atomic E-state index is -3.57. The van der Waals surface area contributed by atoms with Crippen LogP contribution in [-0.2, 0) is 10.0 Å². The summed E-state index contributed by atoms with van der Waals surface area (Å²) in [5.74, 6) is 3.45. The van der Waals surface area contributed by atoms with E-state index in [1.54, 1.807) is 12.1 Å². The first-order valence-electron chi connectivity index (χ1n) is 10.3. The molecular weight excluding hydrogens is 358 g/mol. The summed E-state index contributed by atoms with van der Waals surface area (Å²) in [7, 11) is -3.57. The summed E-state index contributed by atoms with van der Waals surface area (Å²) in [6.07, 6.45) is 6.98. The van der Waals surface area contributed by atoms with Crippen LogP contribution in [0.3, 0.4) is 0 Å². The smallest absolute Gasteiger partial charge is 0.241 e. The maximum absolute atomic E-state index is 12.6. The van der Waals surface area contributed by atoms with Crippen LogP contribution < -0.4 is 15.8 Å². The highest BCUT2D eigenvalue weighted by atomic mass is 32.2. The highest BCUT2D eigenvalue weighted by Crippen LogP contribution is 2.75. The van der Waals surface area contributed by atoms with Gasteiger partial charge in [-0.3, -0.25) is 0 Å². The number of rotatable bonds is 4. The van der Waals surface area contributed by atoms with Crippen LogP contribution in [0.1, 0.15) is 52.9 Å². The molecule has 4 saturated carbocycles. The minimum absolute atomic E-state index is 0.228. The second-order valence-electron chi connectivity index (χ2n) is 10.5. The van der Waals surface area contributed by atoms with E-state index in [2.05, 4.69) is 10.0 Å². The molecule has 4 N–H and O–H groups in total. The molecule has 1 aromatic rings. The van der Waals surface area contributed by atoms with E-state index in [0.29, 0.717) is 17.1 Å². The summed E-state index contributed by atoms with van der Waals surface area (Å²) in [5.41, 5.74) is 7.86. The average Bonchev–Trinajstić information content (AvgIpc) is 2.91. The lowest BCUT2D eigenvalue weighted by atomic mass is 9.56. The Balaban J connectivity index is 1.36. The molecule has 0 aromatic heterocycles. The normalized spacial score (nSPS) is 39.3. The first-order chi connectivity index (χ1) is 12.6. The molecule has 6 heteroatoms. The lowest BCUT2D eigenvalue weighted by Gasteiger charge is -2.49. The molecule has 4 aliphatic carbocycles. The van der Waals surface area contributed by atoms with Crippen LogP contribution in [0, 0.1) is 29.1 Å². The van der Waals surface area contributed by atoms with Crippen LogP contribution in [0.4, 0.5) is 11.4 Å². The van der Waals surface area contributed by atoms with Crippen molar-refractivity contribution in [2.24, 2.45) is 29.1 Å². The van der Waals surface area contributed by atoms with Gasteiger partial charge in [-0.05, 0) is 100 Å². The summed E-state index contributed by atoms with van der Waals surface area (Å²) in [5, 5.41) is 3.73. The zero-order valence-corrected chi connectivity index (χ0v) is 17.3. The van der Waals surface area contributed by atoms with Crippen molar-refractivity contribution >= 4 is 21.4 Å². The van der Waals surface area contributed by atoms with Gasteiger partial charge in [-0.25, -0.2) is 13.1 Å². The lowest BCUT2D eigenvalue weighted by Crippen LogP contribution is -2.42. The monoisotopic (exact) mass is 389 g/mol. The molecule has 27 heavy (non-hydrogen) atoms. The van der Waals surface area contributed by atoms with Gasteiger partial charge in [0.05, 0.1) is 16.3 Å². The fraction of sp³-hybridized carbons (Fsp3) is 0.714. The Morgan fingerprint density at radius 3 is 2.26 bits per heavy atom. The van der Waals surface area contributed by atoms with Crippen LogP contribution in [-0.4, -0.2) is 20.0 Å². The highest BCUT2D eigenvalue weighted by molar-refractivity contribution is 7.89. The SMILES string of the molecule is CC(C)(C)NS(=O)(=O)c1ccc(NC2C3CC4CC5CC2CC45C3)c(N)c1. The number of nitrogen functional groups attached to an aromatic ring is 1. The highest BCUT2D eigenvalue weighted by Gasteiger charge is 2.68. The molecule has 0 heterocycles. The molecule has 1 spiro atoms. The number of hydrogen-bond acceptors (Lipinski definition) is 4. The van der Waals surface area contributed by atoms with Gasteiger partial charge in [0, 0.05) is 11.6 Å². The molecule has 3 bridgehead atoms. The Morgan fingerprint density at radius 1 is 1.07 bits per heavy atom. The number of nitrogens with two attached hydrogens (primary N) is 1. The van der Waals surface area contributed by atoms with Crippen LogP contribution in [0.25, 0.3) is 0 Å². The van der Waals surface area contributed by atoms with Crippen molar-refractivity contribution in [3.05, 3.63) is 18.2 Å². The summed E-state index contributed by atoms with van der Waals surface area (Å²) >= 11 is 0. The van der Waals surface area contributed by atoms with Gasteiger partial charge in [-0.2, -0.15) is 0 Å². The van der Waals surface area contributed by atoms with Crippen LogP contribution in [0.5, 0.6) is 0 Å². The molecule has 4 fully saturated rings. The van der Waals surface area contributed by atoms with E-state index >= 15 is 0 Å². The van der Waals surface area contributed by atoms with Crippen molar-refractivity contribution in [2.45, 2.75) is 69.4 Å². The first-order valence-corrected chi connectivity index (χ1v) is 11.8. The molecule has 5 nitrogen and oxygen atoms in total. The fourth-order valence-electron chi connectivity index (χ4n) is 6.92. The molecular formula is C21H31N3O2S. The number of anilines is 2. The zero-order chi connectivity index (χ0) is 19.2. The second kappa shape index (κ2) is 5.41.